The van der Waals surface area contributed by atoms with Crippen molar-refractivity contribution in [2.75, 3.05) is 41.4 Å². The molecule has 0 unspecified atom stereocenters. The molecule has 9 heteroatoms. The molecule has 37 heavy (non-hydrogen) atoms. The molecule has 3 aromatic rings. The highest BCUT2D eigenvalue weighted by molar-refractivity contribution is 6.33. The zero-order valence-electron chi connectivity index (χ0n) is 20.9. The second kappa shape index (κ2) is 10.9. The first-order valence-corrected chi connectivity index (χ1v) is 12.9. The number of piperidine rings is 1. The minimum atomic E-state index is -0.385. The van der Waals surface area contributed by atoms with Gasteiger partial charge in [-0.1, -0.05) is 17.7 Å². The minimum Gasteiger partial charge on any atom is -0.489 e. The summed E-state index contributed by atoms with van der Waals surface area (Å²) in [4.78, 5) is 21.6. The molecular weight excluding hydrogens is 495 g/mol. The molecular formula is C28H30ClFN4O3. The van der Waals surface area contributed by atoms with E-state index in [-0.39, 0.29) is 23.9 Å². The summed E-state index contributed by atoms with van der Waals surface area (Å²) in [5, 5.41) is 3.33. The number of ether oxygens (including phenoxy) is 2. The van der Waals surface area contributed by atoms with Gasteiger partial charge in [-0.3, -0.25) is 4.79 Å². The number of benzene rings is 2. The number of nitrogens with one attached hydrogen (secondary N) is 1. The quantitative estimate of drug-likeness (QED) is 0.423. The molecule has 1 N–H and O–H groups in total. The molecule has 2 aliphatic heterocycles. The highest BCUT2D eigenvalue weighted by atomic mass is 35.5. The Labute approximate surface area is 221 Å². The first-order chi connectivity index (χ1) is 17.9. The average Bonchev–Trinajstić information content (AvgIpc) is 2.89. The number of nitrogens with zero attached hydrogens (tertiary/aromatic N) is 3. The van der Waals surface area contributed by atoms with Crippen molar-refractivity contribution in [3.8, 4) is 5.75 Å². The molecule has 0 bridgehead atoms. The van der Waals surface area contributed by atoms with Crippen LogP contribution in [0.15, 0.2) is 54.7 Å². The number of para-hydroxylation sites is 1. The first-order valence-electron chi connectivity index (χ1n) is 12.6. The molecule has 0 saturated carbocycles. The molecule has 2 aliphatic rings. The van der Waals surface area contributed by atoms with Crippen LogP contribution in [0.25, 0.3) is 0 Å². The van der Waals surface area contributed by atoms with E-state index in [0.29, 0.717) is 52.4 Å². The van der Waals surface area contributed by atoms with E-state index in [4.69, 9.17) is 21.1 Å². The summed E-state index contributed by atoms with van der Waals surface area (Å²) < 4.78 is 26.9. The molecule has 0 atom stereocenters. The van der Waals surface area contributed by atoms with E-state index >= 15 is 4.39 Å². The highest BCUT2D eigenvalue weighted by Gasteiger charge is 2.27. The van der Waals surface area contributed by atoms with Gasteiger partial charge in [0.2, 0.25) is 0 Å². The van der Waals surface area contributed by atoms with Crippen molar-refractivity contribution in [1.29, 1.82) is 0 Å². The number of rotatable bonds is 6. The van der Waals surface area contributed by atoms with Crippen LogP contribution in [-0.4, -0.2) is 49.3 Å². The third kappa shape index (κ3) is 5.50. The van der Waals surface area contributed by atoms with Crippen molar-refractivity contribution < 1.29 is 18.7 Å². The highest BCUT2D eigenvalue weighted by Crippen LogP contribution is 2.40. The summed E-state index contributed by atoms with van der Waals surface area (Å²) >= 11 is 6.37. The Morgan fingerprint density at radius 2 is 1.95 bits per heavy atom. The van der Waals surface area contributed by atoms with Gasteiger partial charge in [-0.25, -0.2) is 9.37 Å². The lowest BCUT2D eigenvalue weighted by Crippen LogP contribution is -2.38. The van der Waals surface area contributed by atoms with E-state index in [9.17, 15) is 4.79 Å². The molecule has 7 nitrogen and oxygen atoms in total. The zero-order valence-corrected chi connectivity index (χ0v) is 21.7. The van der Waals surface area contributed by atoms with Crippen LogP contribution in [-0.2, 0) is 4.74 Å². The van der Waals surface area contributed by atoms with Gasteiger partial charge in [-0.2, -0.15) is 0 Å². The summed E-state index contributed by atoms with van der Waals surface area (Å²) in [6.45, 7) is 6.43. The van der Waals surface area contributed by atoms with E-state index in [1.165, 1.54) is 6.07 Å². The SMILES string of the molecule is CC(C)OC1CCN(c2ccc(NC(=O)c3cccc4c3OCCN4c3ncccc3Cl)cc2F)CC1. The van der Waals surface area contributed by atoms with Crippen molar-refractivity contribution in [2.24, 2.45) is 0 Å². The molecule has 1 fully saturated rings. The van der Waals surface area contributed by atoms with Gasteiger partial charge in [0.25, 0.3) is 5.91 Å². The zero-order chi connectivity index (χ0) is 25.9. The number of hydrogen-bond acceptors (Lipinski definition) is 6. The van der Waals surface area contributed by atoms with Gasteiger partial charge in [0.15, 0.2) is 11.6 Å². The Balaban J connectivity index is 1.31. The number of carbonyl (C=O) groups is 1. The maximum absolute atomic E-state index is 15.1. The van der Waals surface area contributed by atoms with Gasteiger partial charge < -0.3 is 24.6 Å². The van der Waals surface area contributed by atoms with Crippen molar-refractivity contribution in [3.05, 3.63) is 71.1 Å². The molecule has 1 aromatic heterocycles. The lowest BCUT2D eigenvalue weighted by Gasteiger charge is -2.34. The number of fused-ring (bicyclic) bond motifs is 1. The average molecular weight is 525 g/mol. The van der Waals surface area contributed by atoms with E-state index < -0.39 is 0 Å². The van der Waals surface area contributed by atoms with Gasteiger partial charge in [0, 0.05) is 25.0 Å². The second-order valence-corrected chi connectivity index (χ2v) is 9.86. The molecule has 5 rings (SSSR count). The predicted molar refractivity (Wildman–Crippen MR) is 144 cm³/mol. The van der Waals surface area contributed by atoms with E-state index in [0.717, 1.165) is 25.9 Å². The number of carbonyl (C=O) groups excluding carboxylic acids is 1. The largest absolute Gasteiger partial charge is 0.489 e. The number of halogens is 2. The van der Waals surface area contributed by atoms with Crippen LogP contribution in [0.5, 0.6) is 5.75 Å². The number of pyridine rings is 1. The van der Waals surface area contributed by atoms with E-state index in [1.54, 1.807) is 42.6 Å². The fourth-order valence-electron chi connectivity index (χ4n) is 4.88. The van der Waals surface area contributed by atoms with Crippen LogP contribution >= 0.6 is 11.6 Å². The Bertz CT molecular complexity index is 1280. The number of amides is 1. The summed E-state index contributed by atoms with van der Waals surface area (Å²) in [7, 11) is 0. The smallest absolute Gasteiger partial charge is 0.259 e. The Hall–Kier alpha value is -3.36. The Morgan fingerprint density at radius 3 is 2.68 bits per heavy atom. The van der Waals surface area contributed by atoms with Crippen molar-refractivity contribution in [2.45, 2.75) is 38.9 Å². The minimum absolute atomic E-state index is 0.188. The lowest BCUT2D eigenvalue weighted by atomic mass is 10.1. The maximum Gasteiger partial charge on any atom is 0.259 e. The molecule has 0 radical (unpaired) electrons. The Morgan fingerprint density at radius 1 is 1.14 bits per heavy atom. The van der Waals surface area contributed by atoms with Gasteiger partial charge in [-0.05, 0) is 69.2 Å². The third-order valence-electron chi connectivity index (χ3n) is 6.54. The standard InChI is InChI=1S/C28H30ClFN4O3/c1-18(2)37-20-10-13-33(14-11-20)24-9-8-19(17-23(24)30)32-28(35)21-5-3-7-25-26(21)36-16-15-34(25)27-22(29)6-4-12-31-27/h3-9,12,17-18,20H,10-11,13-16H2,1-2H3,(H,32,35). The normalized spacial score (nSPS) is 15.9. The van der Waals surface area contributed by atoms with Crippen LogP contribution < -0.4 is 19.9 Å². The van der Waals surface area contributed by atoms with Crippen LogP contribution in [0.1, 0.15) is 37.0 Å². The fourth-order valence-corrected chi connectivity index (χ4v) is 5.10. The monoisotopic (exact) mass is 524 g/mol. The van der Waals surface area contributed by atoms with Crippen molar-refractivity contribution >= 4 is 40.4 Å². The summed E-state index contributed by atoms with van der Waals surface area (Å²) in [5.74, 6) is 0.285. The Kier molecular flexibility index (Phi) is 7.48. The predicted octanol–water partition coefficient (Wildman–Crippen LogP) is 6.05. The summed E-state index contributed by atoms with van der Waals surface area (Å²) in [5.41, 5.74) is 1.96. The van der Waals surface area contributed by atoms with Crippen LogP contribution in [0.2, 0.25) is 5.02 Å². The molecule has 0 spiro atoms. The fraction of sp³-hybridized carbons (Fsp3) is 0.357. The summed E-state index contributed by atoms with van der Waals surface area (Å²) in [6, 6.07) is 13.7. The number of hydrogen-bond donors (Lipinski definition) is 1. The molecule has 2 aromatic carbocycles. The van der Waals surface area contributed by atoms with Gasteiger partial charge in [-0.15, -0.1) is 0 Å². The van der Waals surface area contributed by atoms with E-state index in [1.807, 2.05) is 29.7 Å². The number of anilines is 4. The molecule has 1 saturated heterocycles. The van der Waals surface area contributed by atoms with Gasteiger partial charge in [0.05, 0.1) is 40.7 Å². The second-order valence-electron chi connectivity index (χ2n) is 9.45. The molecule has 3 heterocycles. The molecule has 1 amide bonds. The van der Waals surface area contributed by atoms with Crippen molar-refractivity contribution in [3.63, 3.8) is 0 Å². The molecule has 194 valence electrons. The number of aromatic nitrogens is 1. The third-order valence-corrected chi connectivity index (χ3v) is 6.83. The van der Waals surface area contributed by atoms with Crippen molar-refractivity contribution in [1.82, 2.24) is 4.98 Å². The van der Waals surface area contributed by atoms with Crippen LogP contribution in [0.4, 0.5) is 27.3 Å². The lowest BCUT2D eigenvalue weighted by molar-refractivity contribution is -0.00484. The first kappa shape index (κ1) is 25.3. The maximum atomic E-state index is 15.1. The van der Waals surface area contributed by atoms with Gasteiger partial charge in [0.1, 0.15) is 12.4 Å². The van der Waals surface area contributed by atoms with Crippen LogP contribution in [0.3, 0.4) is 0 Å². The molecule has 0 aliphatic carbocycles. The van der Waals surface area contributed by atoms with Gasteiger partial charge >= 0.3 is 0 Å². The van der Waals surface area contributed by atoms with E-state index in [2.05, 4.69) is 10.3 Å². The van der Waals surface area contributed by atoms with Crippen LogP contribution in [0, 0.1) is 5.82 Å². The topological polar surface area (TPSA) is 66.9 Å². The summed E-state index contributed by atoms with van der Waals surface area (Å²) in [6.07, 6.45) is 3.78.